The SMILES string of the molecule is N#Cc1ncccc1NCC1(C(=O)O)CCCCCC1. The van der Waals surface area contributed by atoms with E-state index in [-0.39, 0.29) is 0 Å². The molecule has 1 aliphatic carbocycles. The minimum atomic E-state index is -0.741. The Morgan fingerprint density at radius 3 is 2.70 bits per heavy atom. The molecule has 1 aromatic heterocycles. The van der Waals surface area contributed by atoms with Crippen LogP contribution in [0, 0.1) is 16.7 Å². The number of rotatable bonds is 4. The van der Waals surface area contributed by atoms with Crippen LogP contribution in [0.15, 0.2) is 18.3 Å². The molecule has 0 aliphatic heterocycles. The number of carbonyl (C=O) groups is 1. The van der Waals surface area contributed by atoms with E-state index in [1.165, 1.54) is 0 Å². The molecule has 1 aromatic rings. The second-order valence-electron chi connectivity index (χ2n) is 5.36. The first kappa shape index (κ1) is 14.3. The predicted molar refractivity (Wildman–Crippen MR) is 75.2 cm³/mol. The van der Waals surface area contributed by atoms with Crippen molar-refractivity contribution in [3.8, 4) is 6.07 Å². The third-order valence-corrected chi connectivity index (χ3v) is 4.05. The molecule has 1 aliphatic rings. The first-order chi connectivity index (χ1) is 9.68. The van der Waals surface area contributed by atoms with Crippen molar-refractivity contribution in [1.82, 2.24) is 4.98 Å². The lowest BCUT2D eigenvalue weighted by Crippen LogP contribution is -2.37. The first-order valence-corrected chi connectivity index (χ1v) is 7.00. The van der Waals surface area contributed by atoms with Gasteiger partial charge in [-0.3, -0.25) is 4.79 Å². The number of nitrogens with zero attached hydrogens (tertiary/aromatic N) is 2. The summed E-state index contributed by atoms with van der Waals surface area (Å²) in [5, 5.41) is 21.7. The Hall–Kier alpha value is -2.09. The summed E-state index contributed by atoms with van der Waals surface area (Å²) in [5.74, 6) is -0.741. The van der Waals surface area contributed by atoms with Gasteiger partial charge in [0.15, 0.2) is 5.69 Å². The predicted octanol–water partition coefficient (Wildman–Crippen LogP) is 2.79. The van der Waals surface area contributed by atoms with E-state index in [0.29, 0.717) is 30.8 Å². The van der Waals surface area contributed by atoms with E-state index < -0.39 is 11.4 Å². The molecular formula is C15H19N3O2. The number of nitrogens with one attached hydrogen (secondary N) is 1. The summed E-state index contributed by atoms with van der Waals surface area (Å²) in [6.07, 6.45) is 7.05. The van der Waals surface area contributed by atoms with Crippen molar-refractivity contribution < 1.29 is 9.90 Å². The Balaban J connectivity index is 2.13. The van der Waals surface area contributed by atoms with Gasteiger partial charge in [0.1, 0.15) is 6.07 Å². The number of pyridine rings is 1. The average molecular weight is 273 g/mol. The van der Waals surface area contributed by atoms with Crippen molar-refractivity contribution in [2.24, 2.45) is 5.41 Å². The average Bonchev–Trinajstić information content (AvgIpc) is 2.72. The van der Waals surface area contributed by atoms with Gasteiger partial charge in [0.2, 0.25) is 0 Å². The Bertz CT molecular complexity index is 514. The van der Waals surface area contributed by atoms with Crippen LogP contribution in [-0.4, -0.2) is 22.6 Å². The summed E-state index contributed by atoms with van der Waals surface area (Å²) >= 11 is 0. The van der Waals surface area contributed by atoms with Crippen molar-refractivity contribution in [2.75, 3.05) is 11.9 Å². The molecule has 5 heteroatoms. The molecule has 1 heterocycles. The zero-order valence-electron chi connectivity index (χ0n) is 11.4. The maximum Gasteiger partial charge on any atom is 0.311 e. The number of hydrogen-bond acceptors (Lipinski definition) is 4. The van der Waals surface area contributed by atoms with Gasteiger partial charge in [0.05, 0.1) is 11.1 Å². The van der Waals surface area contributed by atoms with Crippen LogP contribution in [0.5, 0.6) is 0 Å². The largest absolute Gasteiger partial charge is 0.481 e. The van der Waals surface area contributed by atoms with Crippen LogP contribution in [0.1, 0.15) is 44.2 Å². The minimum Gasteiger partial charge on any atom is -0.481 e. The van der Waals surface area contributed by atoms with Gasteiger partial charge >= 0.3 is 5.97 Å². The van der Waals surface area contributed by atoms with Crippen LogP contribution in [0.25, 0.3) is 0 Å². The third kappa shape index (κ3) is 3.08. The molecule has 106 valence electrons. The van der Waals surface area contributed by atoms with Gasteiger partial charge in [-0.2, -0.15) is 5.26 Å². The number of hydrogen-bond donors (Lipinski definition) is 2. The molecule has 0 saturated heterocycles. The number of carboxylic acids is 1. The standard InChI is InChI=1S/C15H19N3O2/c16-10-13-12(6-5-9-17-13)18-11-15(14(19)20)7-3-1-2-4-8-15/h5-6,9,18H,1-4,7-8,11H2,(H,19,20). The molecular weight excluding hydrogens is 254 g/mol. The molecule has 1 saturated carbocycles. The van der Waals surface area contributed by atoms with Crippen LogP contribution < -0.4 is 5.32 Å². The van der Waals surface area contributed by atoms with Gasteiger partial charge in [0.25, 0.3) is 0 Å². The summed E-state index contributed by atoms with van der Waals surface area (Å²) in [5.41, 5.74) is 0.195. The summed E-state index contributed by atoms with van der Waals surface area (Å²) in [7, 11) is 0. The van der Waals surface area contributed by atoms with E-state index in [2.05, 4.69) is 10.3 Å². The van der Waals surface area contributed by atoms with Gasteiger partial charge in [0, 0.05) is 12.7 Å². The third-order valence-electron chi connectivity index (χ3n) is 4.05. The van der Waals surface area contributed by atoms with Crippen molar-refractivity contribution in [3.63, 3.8) is 0 Å². The maximum absolute atomic E-state index is 11.7. The van der Waals surface area contributed by atoms with Crippen molar-refractivity contribution in [3.05, 3.63) is 24.0 Å². The molecule has 0 bridgehead atoms. The highest BCUT2D eigenvalue weighted by Crippen LogP contribution is 2.35. The van der Waals surface area contributed by atoms with Gasteiger partial charge in [-0.05, 0) is 25.0 Å². The Kier molecular flexibility index (Phi) is 4.57. The topological polar surface area (TPSA) is 86.0 Å². The quantitative estimate of drug-likeness (QED) is 0.824. The van der Waals surface area contributed by atoms with Crippen LogP contribution in [0.2, 0.25) is 0 Å². The molecule has 0 spiro atoms. The molecule has 0 aromatic carbocycles. The zero-order valence-corrected chi connectivity index (χ0v) is 11.4. The lowest BCUT2D eigenvalue weighted by molar-refractivity contribution is -0.149. The Morgan fingerprint density at radius 1 is 1.40 bits per heavy atom. The first-order valence-electron chi connectivity index (χ1n) is 7.00. The van der Waals surface area contributed by atoms with Crippen molar-refractivity contribution >= 4 is 11.7 Å². The maximum atomic E-state index is 11.7. The normalized spacial score (nSPS) is 17.8. The second-order valence-corrected chi connectivity index (χ2v) is 5.36. The molecule has 20 heavy (non-hydrogen) atoms. The van der Waals surface area contributed by atoms with E-state index in [4.69, 9.17) is 5.26 Å². The van der Waals surface area contributed by atoms with E-state index in [1.54, 1.807) is 18.3 Å². The van der Waals surface area contributed by atoms with Crippen LogP contribution >= 0.6 is 0 Å². The highest BCUT2D eigenvalue weighted by atomic mass is 16.4. The van der Waals surface area contributed by atoms with Gasteiger partial charge < -0.3 is 10.4 Å². The van der Waals surface area contributed by atoms with Crippen molar-refractivity contribution in [1.29, 1.82) is 5.26 Å². The van der Waals surface area contributed by atoms with E-state index >= 15 is 0 Å². The highest BCUT2D eigenvalue weighted by molar-refractivity contribution is 5.75. The monoisotopic (exact) mass is 273 g/mol. The molecule has 0 atom stereocenters. The van der Waals surface area contributed by atoms with Crippen LogP contribution in [-0.2, 0) is 4.79 Å². The summed E-state index contributed by atoms with van der Waals surface area (Å²) < 4.78 is 0. The van der Waals surface area contributed by atoms with Gasteiger partial charge in [-0.1, -0.05) is 25.7 Å². The zero-order chi connectivity index (χ0) is 14.4. The van der Waals surface area contributed by atoms with E-state index in [9.17, 15) is 9.90 Å². The second kappa shape index (κ2) is 6.38. The van der Waals surface area contributed by atoms with Gasteiger partial charge in [-0.25, -0.2) is 4.98 Å². The van der Waals surface area contributed by atoms with Crippen molar-refractivity contribution in [2.45, 2.75) is 38.5 Å². The number of nitriles is 1. The Morgan fingerprint density at radius 2 is 2.10 bits per heavy atom. The summed E-state index contributed by atoms with van der Waals surface area (Å²) in [6, 6.07) is 5.52. The number of anilines is 1. The molecule has 5 nitrogen and oxygen atoms in total. The molecule has 2 rings (SSSR count). The fourth-order valence-corrected chi connectivity index (χ4v) is 2.77. The molecule has 0 unspecified atom stereocenters. The Labute approximate surface area is 118 Å². The molecule has 0 amide bonds. The van der Waals surface area contributed by atoms with E-state index in [1.807, 2.05) is 6.07 Å². The number of aromatic nitrogens is 1. The lowest BCUT2D eigenvalue weighted by atomic mass is 9.80. The minimum absolute atomic E-state index is 0.307. The van der Waals surface area contributed by atoms with Gasteiger partial charge in [-0.15, -0.1) is 0 Å². The molecule has 2 N–H and O–H groups in total. The summed E-state index contributed by atoms with van der Waals surface area (Å²) in [6.45, 7) is 0.350. The fraction of sp³-hybridized carbons (Fsp3) is 0.533. The molecule has 0 radical (unpaired) electrons. The van der Waals surface area contributed by atoms with E-state index in [0.717, 1.165) is 25.7 Å². The number of aliphatic carboxylic acids is 1. The fourth-order valence-electron chi connectivity index (χ4n) is 2.77. The van der Waals surface area contributed by atoms with Crippen LogP contribution in [0.4, 0.5) is 5.69 Å². The smallest absolute Gasteiger partial charge is 0.311 e. The van der Waals surface area contributed by atoms with Crippen LogP contribution in [0.3, 0.4) is 0 Å². The summed E-state index contributed by atoms with van der Waals surface area (Å²) in [4.78, 5) is 15.7. The molecule has 1 fully saturated rings. The lowest BCUT2D eigenvalue weighted by Gasteiger charge is -2.28. The highest BCUT2D eigenvalue weighted by Gasteiger charge is 2.38. The number of carboxylic acid groups (broad SMARTS) is 1.